The van der Waals surface area contributed by atoms with Gasteiger partial charge >= 0.3 is 12.2 Å². The van der Waals surface area contributed by atoms with Crippen LogP contribution in [0.1, 0.15) is 90.0 Å². The van der Waals surface area contributed by atoms with E-state index < -0.39 is 24.3 Å². The highest BCUT2D eigenvalue weighted by atomic mass is 16.5. The van der Waals surface area contributed by atoms with Crippen molar-refractivity contribution in [1.82, 2.24) is 40.4 Å². The summed E-state index contributed by atoms with van der Waals surface area (Å²) in [6, 6.07) is 19.0. The molecule has 5 aromatic rings. The lowest BCUT2D eigenvalue weighted by Gasteiger charge is -2.37. The first kappa shape index (κ1) is 41.0. The zero-order valence-corrected chi connectivity index (χ0v) is 34.3. The van der Waals surface area contributed by atoms with Crippen LogP contribution < -0.4 is 10.6 Å². The number of ether oxygens (including phenoxy) is 1. The molecular formula is C45H54N8O6. The third kappa shape index (κ3) is 8.96. The van der Waals surface area contributed by atoms with Crippen LogP contribution in [0.25, 0.3) is 44.4 Å². The van der Waals surface area contributed by atoms with Gasteiger partial charge in [0.25, 0.3) is 0 Å². The number of hydrogen-bond donors (Lipinski definition) is 5. The molecule has 5 N–H and O–H groups in total. The smallest absolute Gasteiger partial charge is 0.407 e. The van der Waals surface area contributed by atoms with Crippen LogP contribution in [0.15, 0.2) is 73.1 Å². The summed E-state index contributed by atoms with van der Waals surface area (Å²) in [4.78, 5) is 70.9. The number of benzene rings is 3. The Balaban J connectivity index is 1.04. The second-order valence-electron chi connectivity index (χ2n) is 16.3. The van der Waals surface area contributed by atoms with Gasteiger partial charge in [0, 0.05) is 36.6 Å². The fourth-order valence-corrected chi connectivity index (χ4v) is 8.39. The fraction of sp³-hybridized carbons (Fsp3) is 0.422. The largest absolute Gasteiger partial charge is 0.465 e. The van der Waals surface area contributed by atoms with E-state index in [1.54, 1.807) is 4.90 Å². The topological polar surface area (TPSA) is 186 Å². The molecule has 4 amide bonds. The number of piperidine rings is 2. The van der Waals surface area contributed by atoms with Crippen LogP contribution in [0.4, 0.5) is 9.59 Å². The van der Waals surface area contributed by atoms with Crippen molar-refractivity contribution in [2.24, 2.45) is 11.8 Å². The summed E-state index contributed by atoms with van der Waals surface area (Å²) < 4.78 is 4.79. The molecule has 2 saturated heterocycles. The van der Waals surface area contributed by atoms with E-state index >= 15 is 0 Å². The molecule has 2 fully saturated rings. The number of likely N-dealkylation sites (tertiary alicyclic amines) is 2. The molecular weight excluding hydrogens is 749 g/mol. The van der Waals surface area contributed by atoms with Crippen molar-refractivity contribution >= 4 is 34.8 Å². The van der Waals surface area contributed by atoms with E-state index in [2.05, 4.69) is 69.1 Å². The van der Waals surface area contributed by atoms with E-state index in [1.807, 2.05) is 57.1 Å². The Hall–Kier alpha value is -6.18. The zero-order valence-electron chi connectivity index (χ0n) is 34.3. The predicted molar refractivity (Wildman–Crippen MR) is 225 cm³/mol. The number of rotatable bonds is 11. The fourth-order valence-electron chi connectivity index (χ4n) is 8.39. The molecule has 2 aliphatic heterocycles. The summed E-state index contributed by atoms with van der Waals surface area (Å²) in [5, 5.41) is 16.7. The van der Waals surface area contributed by atoms with Gasteiger partial charge < -0.3 is 40.2 Å². The summed E-state index contributed by atoms with van der Waals surface area (Å²) in [6.07, 6.45) is 7.14. The Kier molecular flexibility index (Phi) is 12.3. The molecule has 4 heterocycles. The van der Waals surface area contributed by atoms with Crippen molar-refractivity contribution < 1.29 is 29.0 Å². The normalized spacial score (nSPS) is 18.2. The number of fused-ring (bicyclic) bond motifs is 1. The molecule has 310 valence electrons. The third-order valence-electron chi connectivity index (χ3n) is 11.7. The van der Waals surface area contributed by atoms with Crippen molar-refractivity contribution in [3.63, 3.8) is 0 Å². The van der Waals surface area contributed by atoms with Gasteiger partial charge in [-0.2, -0.15) is 0 Å². The zero-order chi connectivity index (χ0) is 41.8. The quantitative estimate of drug-likeness (QED) is 0.0888. The van der Waals surface area contributed by atoms with E-state index in [1.165, 1.54) is 7.11 Å². The van der Waals surface area contributed by atoms with Crippen LogP contribution in [0.5, 0.6) is 0 Å². The summed E-state index contributed by atoms with van der Waals surface area (Å²) in [5.41, 5.74) is 5.63. The Morgan fingerprint density at radius 1 is 0.661 bits per heavy atom. The number of carbonyl (C=O) groups excluding carboxylic acids is 3. The summed E-state index contributed by atoms with van der Waals surface area (Å²) >= 11 is 0. The molecule has 2 aromatic heterocycles. The average molecular weight is 803 g/mol. The molecule has 0 radical (unpaired) electrons. The van der Waals surface area contributed by atoms with E-state index in [4.69, 9.17) is 14.7 Å². The number of alkyl carbamates (subject to hydrolysis) is 1. The lowest BCUT2D eigenvalue weighted by atomic mass is 9.97. The molecule has 2 aliphatic rings. The highest BCUT2D eigenvalue weighted by Crippen LogP contribution is 2.35. The first-order valence-corrected chi connectivity index (χ1v) is 20.6. The van der Waals surface area contributed by atoms with Crippen LogP contribution in [-0.2, 0) is 14.3 Å². The SMILES string of the molecule is COC(=O)N[C@H](C(=O)N1CCCCC1c1nc(-c2ccc3cc(-c4ccc(-c5c[nH]c([C@@H]6CCCCN6C(=O)[C@@H](NC(=O)O)C(C)C)n5)cc4)ccc3c2)c[nH]1)C(C)C. The molecule has 7 rings (SSSR count). The number of carboxylic acid groups (broad SMARTS) is 1. The monoisotopic (exact) mass is 802 g/mol. The number of amides is 4. The maximum atomic E-state index is 13.7. The molecule has 14 nitrogen and oxygen atoms in total. The van der Waals surface area contributed by atoms with Crippen molar-refractivity contribution in [2.75, 3.05) is 20.2 Å². The second-order valence-corrected chi connectivity index (χ2v) is 16.3. The molecule has 0 bridgehead atoms. The van der Waals surface area contributed by atoms with E-state index in [9.17, 15) is 24.3 Å². The minimum Gasteiger partial charge on any atom is -0.465 e. The first-order chi connectivity index (χ1) is 28.4. The van der Waals surface area contributed by atoms with Crippen LogP contribution >= 0.6 is 0 Å². The Morgan fingerprint density at radius 3 is 1.63 bits per heavy atom. The maximum absolute atomic E-state index is 13.7. The lowest BCUT2D eigenvalue weighted by Crippen LogP contribution is -2.53. The number of hydrogen-bond acceptors (Lipinski definition) is 7. The Bertz CT molecular complexity index is 2300. The van der Waals surface area contributed by atoms with Crippen LogP contribution in [0.2, 0.25) is 0 Å². The molecule has 14 heteroatoms. The van der Waals surface area contributed by atoms with Crippen molar-refractivity contribution in [3.05, 3.63) is 84.7 Å². The number of nitrogens with zero attached hydrogens (tertiary/aromatic N) is 4. The van der Waals surface area contributed by atoms with E-state index in [-0.39, 0.29) is 35.7 Å². The van der Waals surface area contributed by atoms with Crippen molar-refractivity contribution in [3.8, 4) is 33.6 Å². The standard InChI is InChI=1S/C45H54N8O6/c1-26(2)38(50-44(56)57)42(54)52-20-8-6-10-36(52)40-46-24-34(48-40)29-14-12-28(13-15-29)30-16-17-32-23-33(19-18-31(32)22-30)35-25-47-41(49-35)37-11-7-9-21-53(37)43(55)39(27(3)4)51-45(58)59-5/h12-19,22-27,36-39,50H,6-11,20-21H2,1-5H3,(H,46,48)(H,47,49)(H,51,58)(H,56,57)/t36-,37?,38-,39-/m0/s1. The molecule has 1 unspecified atom stereocenters. The van der Waals surface area contributed by atoms with E-state index in [0.717, 1.165) is 88.8 Å². The van der Waals surface area contributed by atoms with Crippen LogP contribution in [0, 0.1) is 11.8 Å². The van der Waals surface area contributed by atoms with Gasteiger partial charge in [0.05, 0.1) is 30.6 Å². The number of carbonyl (C=O) groups is 4. The van der Waals surface area contributed by atoms with Crippen LogP contribution in [-0.4, -0.2) is 91.1 Å². The predicted octanol–water partition coefficient (Wildman–Crippen LogP) is 8.07. The van der Waals surface area contributed by atoms with Gasteiger partial charge in [-0.25, -0.2) is 19.6 Å². The minimum absolute atomic E-state index is 0.111. The van der Waals surface area contributed by atoms with Crippen molar-refractivity contribution in [2.45, 2.75) is 90.4 Å². The van der Waals surface area contributed by atoms with Crippen LogP contribution in [0.3, 0.4) is 0 Å². The summed E-state index contributed by atoms with van der Waals surface area (Å²) in [6.45, 7) is 8.65. The number of methoxy groups -OCH3 is 1. The molecule has 3 aromatic carbocycles. The molecule has 0 aliphatic carbocycles. The van der Waals surface area contributed by atoms with E-state index in [0.29, 0.717) is 18.9 Å². The maximum Gasteiger partial charge on any atom is 0.407 e. The Morgan fingerprint density at radius 2 is 1.12 bits per heavy atom. The molecule has 0 spiro atoms. The van der Waals surface area contributed by atoms with Gasteiger partial charge in [0.15, 0.2) is 0 Å². The van der Waals surface area contributed by atoms with Gasteiger partial charge in [-0.1, -0.05) is 76.2 Å². The lowest BCUT2D eigenvalue weighted by molar-refractivity contribution is -0.139. The number of nitrogens with one attached hydrogen (secondary N) is 4. The van der Waals surface area contributed by atoms with Gasteiger partial charge in [-0.05, 0) is 84.4 Å². The summed E-state index contributed by atoms with van der Waals surface area (Å²) in [5.74, 6) is 0.775. The second kappa shape index (κ2) is 17.8. The van der Waals surface area contributed by atoms with Gasteiger partial charge in [-0.3, -0.25) is 9.59 Å². The highest BCUT2D eigenvalue weighted by Gasteiger charge is 2.37. The van der Waals surface area contributed by atoms with Gasteiger partial charge in [0.1, 0.15) is 23.7 Å². The molecule has 0 saturated carbocycles. The number of imidazole rings is 2. The average Bonchev–Trinajstić information content (AvgIpc) is 3.95. The van der Waals surface area contributed by atoms with Gasteiger partial charge in [0.2, 0.25) is 11.8 Å². The summed E-state index contributed by atoms with van der Waals surface area (Å²) in [7, 11) is 1.30. The van der Waals surface area contributed by atoms with Gasteiger partial charge in [-0.15, -0.1) is 0 Å². The minimum atomic E-state index is -1.21. The number of aromatic nitrogens is 4. The Labute approximate surface area is 344 Å². The molecule has 4 atom stereocenters. The third-order valence-corrected chi connectivity index (χ3v) is 11.7. The highest BCUT2D eigenvalue weighted by molar-refractivity contribution is 5.91. The first-order valence-electron chi connectivity index (χ1n) is 20.6. The number of H-pyrrole nitrogens is 2. The number of aromatic amines is 2. The molecule has 59 heavy (non-hydrogen) atoms. The van der Waals surface area contributed by atoms with Crippen molar-refractivity contribution in [1.29, 1.82) is 0 Å².